The number of halogens is 2. The van der Waals surface area contributed by atoms with E-state index in [-0.39, 0.29) is 36.4 Å². The molecule has 7 nitrogen and oxygen atoms in total. The summed E-state index contributed by atoms with van der Waals surface area (Å²) in [5.41, 5.74) is 7.65. The maximum absolute atomic E-state index is 11.9. The van der Waals surface area contributed by atoms with Crippen molar-refractivity contribution < 1.29 is 9.59 Å². The Bertz CT molecular complexity index is 841. The highest BCUT2D eigenvalue weighted by molar-refractivity contribution is 14.0. The molecule has 162 valence electrons. The summed E-state index contributed by atoms with van der Waals surface area (Å²) in [6, 6.07) is 14.8. The van der Waals surface area contributed by atoms with Gasteiger partial charge in [-0.15, -0.1) is 24.0 Å². The molecule has 30 heavy (non-hydrogen) atoms. The van der Waals surface area contributed by atoms with E-state index in [9.17, 15) is 9.59 Å². The van der Waals surface area contributed by atoms with Gasteiger partial charge < -0.3 is 21.7 Å². The molecule has 0 aliphatic carbocycles. The zero-order chi connectivity index (χ0) is 21.1. The van der Waals surface area contributed by atoms with Gasteiger partial charge in [0.1, 0.15) is 0 Å². The summed E-state index contributed by atoms with van der Waals surface area (Å²) in [6.07, 6.45) is 0.858. The fraction of sp³-hybridized carbons (Fsp3) is 0.286. The first-order valence-electron chi connectivity index (χ1n) is 9.40. The number of nitrogens with one attached hydrogen (secondary N) is 3. The predicted octanol–water partition coefficient (Wildman–Crippen LogP) is 2.47. The van der Waals surface area contributed by atoms with E-state index in [4.69, 9.17) is 17.3 Å². The van der Waals surface area contributed by atoms with E-state index >= 15 is 0 Å². The van der Waals surface area contributed by atoms with Gasteiger partial charge in [-0.25, -0.2) is 4.99 Å². The van der Waals surface area contributed by atoms with Crippen LogP contribution in [0.2, 0.25) is 5.02 Å². The van der Waals surface area contributed by atoms with Crippen LogP contribution in [0.5, 0.6) is 0 Å². The minimum atomic E-state index is -0.580. The number of nitrogens with zero attached hydrogens (tertiary/aromatic N) is 1. The predicted molar refractivity (Wildman–Crippen MR) is 131 cm³/mol. The normalized spacial score (nSPS) is 10.7. The van der Waals surface area contributed by atoms with Crippen molar-refractivity contribution in [2.75, 3.05) is 19.6 Å². The Balaban J connectivity index is 0.00000450. The van der Waals surface area contributed by atoms with Gasteiger partial charge in [-0.3, -0.25) is 9.59 Å². The second kappa shape index (κ2) is 13.8. The average molecular weight is 544 g/mol. The number of carbonyl (C=O) groups is 2. The van der Waals surface area contributed by atoms with E-state index < -0.39 is 5.91 Å². The first-order chi connectivity index (χ1) is 14.0. The second-order valence-electron chi connectivity index (χ2n) is 6.34. The summed E-state index contributed by atoms with van der Waals surface area (Å²) in [4.78, 5) is 27.2. The molecule has 2 rings (SSSR count). The molecule has 0 heterocycles. The summed E-state index contributed by atoms with van der Waals surface area (Å²) >= 11 is 5.91. The minimum Gasteiger partial charge on any atom is -0.368 e. The number of guanidine groups is 1. The van der Waals surface area contributed by atoms with Gasteiger partial charge in [-0.1, -0.05) is 35.9 Å². The molecule has 0 unspecified atom stereocenters. The van der Waals surface area contributed by atoms with Crippen molar-refractivity contribution in [1.82, 2.24) is 16.0 Å². The lowest BCUT2D eigenvalue weighted by molar-refractivity contribution is -0.117. The van der Waals surface area contributed by atoms with Crippen LogP contribution in [0.4, 0.5) is 0 Å². The van der Waals surface area contributed by atoms with Crippen LogP contribution in [0.1, 0.15) is 28.4 Å². The molecule has 0 saturated heterocycles. The Hall–Kier alpha value is -2.33. The molecular weight excluding hydrogens is 517 g/mol. The van der Waals surface area contributed by atoms with Crippen LogP contribution < -0.4 is 21.7 Å². The average Bonchev–Trinajstić information content (AvgIpc) is 2.72. The first kappa shape index (κ1) is 25.7. The molecular formula is C21H27ClIN5O2. The Morgan fingerprint density at radius 3 is 2.20 bits per heavy atom. The quantitative estimate of drug-likeness (QED) is 0.221. The highest BCUT2D eigenvalue weighted by Crippen LogP contribution is 2.09. The third kappa shape index (κ3) is 9.45. The van der Waals surface area contributed by atoms with Crippen molar-refractivity contribution in [2.24, 2.45) is 10.7 Å². The number of benzene rings is 2. The van der Waals surface area contributed by atoms with Gasteiger partial charge in [0.2, 0.25) is 5.91 Å². The van der Waals surface area contributed by atoms with Crippen molar-refractivity contribution in [3.63, 3.8) is 0 Å². The molecule has 2 aromatic carbocycles. The highest BCUT2D eigenvalue weighted by Gasteiger charge is 2.06. The molecule has 0 aliphatic heterocycles. The van der Waals surface area contributed by atoms with E-state index in [1.54, 1.807) is 12.1 Å². The lowest BCUT2D eigenvalue weighted by Gasteiger charge is -2.11. The Kier molecular flexibility index (Phi) is 11.8. The smallest absolute Gasteiger partial charge is 0.251 e. The van der Waals surface area contributed by atoms with Gasteiger partial charge in [0.15, 0.2) is 5.96 Å². The Morgan fingerprint density at radius 1 is 0.967 bits per heavy atom. The van der Waals surface area contributed by atoms with E-state index in [0.717, 1.165) is 36.1 Å². The zero-order valence-electron chi connectivity index (χ0n) is 16.8. The molecule has 0 spiro atoms. The highest BCUT2D eigenvalue weighted by atomic mass is 127. The van der Waals surface area contributed by atoms with E-state index in [2.05, 4.69) is 20.9 Å². The van der Waals surface area contributed by atoms with Gasteiger partial charge in [0, 0.05) is 23.7 Å². The lowest BCUT2D eigenvalue weighted by atomic mass is 10.1. The van der Waals surface area contributed by atoms with Gasteiger partial charge in [-0.05, 0) is 48.7 Å². The van der Waals surface area contributed by atoms with Crippen LogP contribution in [-0.2, 0) is 17.8 Å². The van der Waals surface area contributed by atoms with Crippen LogP contribution in [0.25, 0.3) is 0 Å². The van der Waals surface area contributed by atoms with Gasteiger partial charge in [0.05, 0.1) is 13.1 Å². The minimum absolute atomic E-state index is 0. The number of amides is 2. The monoisotopic (exact) mass is 543 g/mol. The first-order valence-corrected chi connectivity index (χ1v) is 9.77. The third-order valence-corrected chi connectivity index (χ3v) is 4.27. The van der Waals surface area contributed by atoms with E-state index in [1.807, 2.05) is 43.3 Å². The Labute approximate surface area is 198 Å². The summed E-state index contributed by atoms with van der Waals surface area (Å²) in [7, 11) is 0. The van der Waals surface area contributed by atoms with E-state index in [0.29, 0.717) is 12.1 Å². The molecule has 0 radical (unpaired) electrons. The summed E-state index contributed by atoms with van der Waals surface area (Å²) in [5.74, 6) is -0.190. The summed E-state index contributed by atoms with van der Waals surface area (Å²) in [5, 5.41) is 9.71. The van der Waals surface area contributed by atoms with Crippen LogP contribution in [0.15, 0.2) is 53.5 Å². The SMILES string of the molecule is CCNC(=NCc1ccc(C(=O)NCC(N)=O)cc1)NCCc1ccc(Cl)cc1.I. The standard InChI is InChI=1S/C21H26ClN5O2.HI/c1-2-24-21(25-12-11-15-5-9-18(22)10-6-15)27-13-16-3-7-17(8-4-16)20(29)26-14-19(23)28;/h3-10H,2,11-14H2,1H3,(H2,23,28)(H,26,29)(H2,24,25,27);1H. The fourth-order valence-electron chi connectivity index (χ4n) is 2.52. The number of nitrogens with two attached hydrogens (primary N) is 1. The van der Waals surface area contributed by atoms with Crippen molar-refractivity contribution in [3.8, 4) is 0 Å². The van der Waals surface area contributed by atoms with Gasteiger partial charge in [0.25, 0.3) is 5.91 Å². The topological polar surface area (TPSA) is 109 Å². The maximum atomic E-state index is 11.9. The molecule has 0 aromatic heterocycles. The number of hydrogen-bond acceptors (Lipinski definition) is 3. The number of primary amides is 1. The third-order valence-electron chi connectivity index (χ3n) is 4.02. The van der Waals surface area contributed by atoms with E-state index in [1.165, 1.54) is 5.56 Å². The molecule has 0 saturated carbocycles. The van der Waals surface area contributed by atoms with Crippen molar-refractivity contribution >= 4 is 53.4 Å². The molecule has 0 bridgehead atoms. The van der Waals surface area contributed by atoms with Crippen molar-refractivity contribution in [1.29, 1.82) is 0 Å². The van der Waals surface area contributed by atoms with Gasteiger partial charge in [-0.2, -0.15) is 0 Å². The van der Waals surface area contributed by atoms with Crippen LogP contribution in [0, 0.1) is 0 Å². The van der Waals surface area contributed by atoms with Crippen LogP contribution in [-0.4, -0.2) is 37.4 Å². The van der Waals surface area contributed by atoms with Gasteiger partial charge >= 0.3 is 0 Å². The van der Waals surface area contributed by atoms with Crippen LogP contribution in [0.3, 0.4) is 0 Å². The van der Waals surface area contributed by atoms with Crippen LogP contribution >= 0.6 is 35.6 Å². The van der Waals surface area contributed by atoms with Crippen molar-refractivity contribution in [2.45, 2.75) is 19.9 Å². The molecule has 5 N–H and O–H groups in total. The molecule has 0 atom stereocenters. The number of carbonyl (C=O) groups excluding carboxylic acids is 2. The molecule has 2 aromatic rings. The molecule has 9 heteroatoms. The maximum Gasteiger partial charge on any atom is 0.251 e. The summed E-state index contributed by atoms with van der Waals surface area (Å²) < 4.78 is 0. The number of aliphatic imine (C=N–C) groups is 1. The zero-order valence-corrected chi connectivity index (χ0v) is 19.9. The second-order valence-corrected chi connectivity index (χ2v) is 6.78. The lowest BCUT2D eigenvalue weighted by Crippen LogP contribution is -2.38. The summed E-state index contributed by atoms with van der Waals surface area (Å²) in [6.45, 7) is 3.80. The molecule has 0 fully saturated rings. The largest absolute Gasteiger partial charge is 0.368 e. The molecule has 2 amide bonds. The molecule has 0 aliphatic rings. The number of hydrogen-bond donors (Lipinski definition) is 4. The number of rotatable bonds is 9. The Morgan fingerprint density at radius 2 is 1.60 bits per heavy atom. The fourth-order valence-corrected chi connectivity index (χ4v) is 2.65. The van der Waals surface area contributed by atoms with Crippen molar-refractivity contribution in [3.05, 3.63) is 70.2 Å².